The summed E-state index contributed by atoms with van der Waals surface area (Å²) in [5, 5.41) is 0.298. The average molecular weight is 374 g/mol. The van der Waals surface area contributed by atoms with Gasteiger partial charge in [-0.05, 0) is 47.7 Å². The maximum Gasteiger partial charge on any atom is 0.230 e. The zero-order valence-corrected chi connectivity index (χ0v) is 16.0. The second kappa shape index (κ2) is 7.12. The molecule has 136 valence electrons. The highest BCUT2D eigenvalue weighted by Crippen LogP contribution is 2.33. The van der Waals surface area contributed by atoms with Gasteiger partial charge >= 0.3 is 0 Å². The lowest BCUT2D eigenvalue weighted by Crippen LogP contribution is -2.18. The Morgan fingerprint density at radius 3 is 2.35 bits per heavy atom. The fraction of sp³-hybridized carbons (Fsp3) is 0.286. The second-order valence-electron chi connectivity index (χ2n) is 7.25. The number of aryl methyl sites for hydroxylation is 1. The van der Waals surface area contributed by atoms with Gasteiger partial charge < -0.3 is 9.15 Å². The topological polar surface area (TPSA) is 35.3 Å². The van der Waals surface area contributed by atoms with E-state index in [4.69, 9.17) is 20.8 Å². The summed E-state index contributed by atoms with van der Waals surface area (Å²) in [6.07, 6.45) is 1.46. The Kier molecular flexibility index (Phi) is 5.05. The van der Waals surface area contributed by atoms with Gasteiger partial charge in [-0.2, -0.15) is 0 Å². The summed E-state index contributed by atoms with van der Waals surface area (Å²) in [5.41, 5.74) is 3.90. The molecular weight excluding hydrogens is 353 g/mol. The van der Waals surface area contributed by atoms with Gasteiger partial charge in [-0.15, -0.1) is 0 Å². The first kappa shape index (κ1) is 18.5. The molecule has 3 heterocycles. The molecule has 0 saturated carbocycles. The number of oxazole rings is 1. The molecule has 0 fully saturated rings. The molecule has 0 saturated heterocycles. The van der Waals surface area contributed by atoms with E-state index < -0.39 is 5.82 Å². The molecule has 0 amide bonds. The number of rotatable bonds is 1. The summed E-state index contributed by atoms with van der Waals surface area (Å²) in [6.45, 7) is 9.24. The summed E-state index contributed by atoms with van der Waals surface area (Å²) >= 11 is 5.83. The first-order valence-electron chi connectivity index (χ1n) is 8.38. The largest absolute Gasteiger partial charge is 0.489 e. The van der Waals surface area contributed by atoms with Crippen LogP contribution in [0.1, 0.15) is 37.6 Å². The van der Waals surface area contributed by atoms with Gasteiger partial charge in [0.05, 0.1) is 16.3 Å². The lowest BCUT2D eigenvalue weighted by atomic mass is 9.83. The van der Waals surface area contributed by atoms with E-state index in [0.29, 0.717) is 10.7 Å². The lowest BCUT2D eigenvalue weighted by Gasteiger charge is -2.27. The molecule has 26 heavy (non-hydrogen) atoms. The Balaban J connectivity index is 0.000000152. The predicted octanol–water partition coefficient (Wildman–Crippen LogP) is 6.32. The van der Waals surface area contributed by atoms with E-state index in [1.165, 1.54) is 29.5 Å². The van der Waals surface area contributed by atoms with Crippen molar-refractivity contribution >= 4 is 11.6 Å². The number of halogens is 2. The number of ether oxygens (including phenoxy) is 1. The summed E-state index contributed by atoms with van der Waals surface area (Å²) in [7, 11) is 0. The van der Waals surface area contributed by atoms with E-state index in [9.17, 15) is 4.39 Å². The molecule has 0 N–H and O–H groups in total. The van der Waals surface area contributed by atoms with Gasteiger partial charge in [0.25, 0.3) is 0 Å². The molecule has 0 radical (unpaired) electrons. The molecule has 3 nitrogen and oxygen atoms in total. The molecule has 0 aliphatic carbocycles. The van der Waals surface area contributed by atoms with Crippen molar-refractivity contribution in [1.29, 1.82) is 0 Å². The Morgan fingerprint density at radius 2 is 1.92 bits per heavy atom. The molecule has 0 spiro atoms. The zero-order valence-electron chi connectivity index (χ0n) is 15.3. The molecule has 0 unspecified atom stereocenters. The van der Waals surface area contributed by atoms with Crippen LogP contribution in [-0.4, -0.2) is 4.98 Å². The minimum absolute atomic E-state index is 0.210. The highest BCUT2D eigenvalue weighted by atomic mass is 35.5. The van der Waals surface area contributed by atoms with E-state index in [-0.39, 0.29) is 16.9 Å². The van der Waals surface area contributed by atoms with E-state index in [1.54, 1.807) is 13.0 Å². The zero-order chi connectivity index (χ0) is 18.9. The van der Waals surface area contributed by atoms with Gasteiger partial charge in [-0.25, -0.2) is 9.37 Å². The van der Waals surface area contributed by atoms with Crippen LogP contribution >= 0.6 is 11.6 Å². The van der Waals surface area contributed by atoms with Gasteiger partial charge in [0.2, 0.25) is 5.89 Å². The van der Waals surface area contributed by atoms with E-state index in [1.807, 2.05) is 6.07 Å². The molecule has 2 bridgehead atoms. The summed E-state index contributed by atoms with van der Waals surface area (Å²) in [4.78, 5) is 4.01. The van der Waals surface area contributed by atoms with Crippen molar-refractivity contribution in [2.45, 2.75) is 39.7 Å². The third kappa shape index (κ3) is 3.91. The quantitative estimate of drug-likeness (QED) is 0.500. The molecule has 5 heteroatoms. The molecule has 1 aromatic heterocycles. The number of benzene rings is 2. The molecule has 2 aliphatic heterocycles. The Hall–Kier alpha value is -2.33. The number of aromatic nitrogens is 1. The third-order valence-corrected chi connectivity index (χ3v) is 4.39. The fourth-order valence-electron chi connectivity index (χ4n) is 2.80. The van der Waals surface area contributed by atoms with Crippen LogP contribution in [0, 0.1) is 12.7 Å². The van der Waals surface area contributed by atoms with Crippen molar-refractivity contribution in [3.63, 3.8) is 0 Å². The molecule has 5 rings (SSSR count). The highest BCUT2D eigenvalue weighted by Gasteiger charge is 2.21. The number of hydrogen-bond acceptors (Lipinski definition) is 3. The van der Waals surface area contributed by atoms with E-state index in [0.717, 1.165) is 12.4 Å². The van der Waals surface area contributed by atoms with Crippen molar-refractivity contribution < 1.29 is 13.5 Å². The highest BCUT2D eigenvalue weighted by molar-refractivity contribution is 6.33. The molecule has 3 aromatic rings. The second-order valence-corrected chi connectivity index (χ2v) is 7.66. The first-order chi connectivity index (χ1) is 12.3. The fourth-order valence-corrected chi connectivity index (χ4v) is 3.05. The maximum atomic E-state index is 13.4. The van der Waals surface area contributed by atoms with Crippen LogP contribution < -0.4 is 4.74 Å². The van der Waals surface area contributed by atoms with Crippen molar-refractivity contribution in [3.05, 3.63) is 70.3 Å². The van der Waals surface area contributed by atoms with Crippen LogP contribution in [0.25, 0.3) is 11.5 Å². The van der Waals surface area contributed by atoms with Gasteiger partial charge in [-0.3, -0.25) is 0 Å². The minimum Gasteiger partial charge on any atom is -0.489 e. The Bertz CT molecular complexity index is 908. The third-order valence-electron chi connectivity index (χ3n) is 4.08. The van der Waals surface area contributed by atoms with Crippen LogP contribution in [-0.2, 0) is 12.0 Å². The van der Waals surface area contributed by atoms with Crippen molar-refractivity contribution in [3.8, 4) is 17.2 Å². The minimum atomic E-state index is -0.431. The van der Waals surface area contributed by atoms with Gasteiger partial charge in [0.1, 0.15) is 24.4 Å². The molecular formula is C21H21ClFNO2. The van der Waals surface area contributed by atoms with Crippen LogP contribution in [0.15, 0.2) is 47.1 Å². The van der Waals surface area contributed by atoms with E-state index in [2.05, 4.69) is 37.9 Å². The average Bonchev–Trinajstić information content (AvgIpc) is 3.02. The van der Waals surface area contributed by atoms with Crippen molar-refractivity contribution in [2.24, 2.45) is 0 Å². The lowest BCUT2D eigenvalue weighted by molar-refractivity contribution is 0.288. The molecule has 2 aromatic carbocycles. The van der Waals surface area contributed by atoms with Crippen molar-refractivity contribution in [2.75, 3.05) is 0 Å². The number of fused-ring (bicyclic) bond motifs is 3. The summed E-state index contributed by atoms with van der Waals surface area (Å²) in [6, 6.07) is 10.8. The smallest absolute Gasteiger partial charge is 0.230 e. The first-order valence-corrected chi connectivity index (χ1v) is 8.76. The van der Waals surface area contributed by atoms with Crippen LogP contribution in [0.3, 0.4) is 0 Å². The molecule has 0 atom stereocenters. The Morgan fingerprint density at radius 1 is 1.15 bits per heavy atom. The van der Waals surface area contributed by atoms with Crippen LogP contribution in [0.2, 0.25) is 5.02 Å². The van der Waals surface area contributed by atoms with Crippen LogP contribution in [0.5, 0.6) is 5.75 Å². The van der Waals surface area contributed by atoms with Gasteiger partial charge in [0, 0.05) is 0 Å². The Labute approximate surface area is 157 Å². The monoisotopic (exact) mass is 373 g/mol. The van der Waals surface area contributed by atoms with Crippen LogP contribution in [0.4, 0.5) is 4.39 Å². The summed E-state index contributed by atoms with van der Waals surface area (Å²) in [5.74, 6) is 0.792. The maximum absolute atomic E-state index is 13.4. The SMILES string of the molecule is CC(C)(C)c1cc2ccc1CO2.Cc1coc(-c2c(F)cccc2Cl)n1. The van der Waals surface area contributed by atoms with Gasteiger partial charge in [0.15, 0.2) is 0 Å². The predicted molar refractivity (Wildman–Crippen MR) is 101 cm³/mol. The number of hydrogen-bond donors (Lipinski definition) is 0. The standard InChI is InChI=1S/C11H14O.C10H7ClFNO/c1-11(2,3)10-6-9-5-4-8(10)7-12-9;1-6-5-14-10(13-6)9-7(11)3-2-4-8(9)12/h4-6H,7H2,1-3H3;2-5H,1H3. The van der Waals surface area contributed by atoms with Crippen molar-refractivity contribution in [1.82, 2.24) is 4.98 Å². The number of nitrogens with zero attached hydrogens (tertiary/aromatic N) is 1. The molecule has 2 aliphatic rings. The van der Waals surface area contributed by atoms with E-state index >= 15 is 0 Å². The summed E-state index contributed by atoms with van der Waals surface area (Å²) < 4.78 is 23.9. The van der Waals surface area contributed by atoms with Gasteiger partial charge in [-0.1, -0.05) is 44.5 Å². The normalized spacial score (nSPS) is 12.4.